The molecule has 32 heavy (non-hydrogen) atoms. The minimum absolute atomic E-state index is 0.101. The van der Waals surface area contributed by atoms with Crippen molar-refractivity contribution in [2.75, 3.05) is 5.32 Å². The van der Waals surface area contributed by atoms with Crippen LogP contribution in [0.1, 0.15) is 39.6 Å². The highest BCUT2D eigenvalue weighted by molar-refractivity contribution is 5.91. The summed E-state index contributed by atoms with van der Waals surface area (Å²) in [5.41, 5.74) is 8.73. The number of carbonyl (C=O) groups is 1. The van der Waals surface area contributed by atoms with E-state index < -0.39 is 0 Å². The van der Waals surface area contributed by atoms with Gasteiger partial charge in [-0.2, -0.15) is 0 Å². The number of urea groups is 1. The van der Waals surface area contributed by atoms with E-state index in [2.05, 4.69) is 84.5 Å². The molecule has 1 aromatic heterocycles. The Balaban J connectivity index is 1.66. The van der Waals surface area contributed by atoms with Crippen LogP contribution in [0.25, 0.3) is 5.69 Å². The Morgan fingerprint density at radius 2 is 1.59 bits per heavy atom. The van der Waals surface area contributed by atoms with Gasteiger partial charge in [0.15, 0.2) is 0 Å². The van der Waals surface area contributed by atoms with Crippen LogP contribution in [0, 0.1) is 20.8 Å². The van der Waals surface area contributed by atoms with Gasteiger partial charge in [0.2, 0.25) is 0 Å². The summed E-state index contributed by atoms with van der Waals surface area (Å²) in [6.07, 6.45) is 2.09. The monoisotopic (exact) mass is 421 g/mol. The van der Waals surface area contributed by atoms with Crippen LogP contribution < -0.4 is 5.32 Å². The van der Waals surface area contributed by atoms with E-state index in [4.69, 9.17) is 0 Å². The van der Waals surface area contributed by atoms with Gasteiger partial charge in [-0.3, -0.25) is 0 Å². The van der Waals surface area contributed by atoms with Crippen molar-refractivity contribution in [2.24, 2.45) is 0 Å². The molecular weight excluding hydrogens is 394 g/mol. The smallest absolute Gasteiger partial charge is 0.318 e. The largest absolute Gasteiger partial charge is 0.322 e. The normalized spacial score (nSPS) is 15.0. The third-order valence-electron chi connectivity index (χ3n) is 6.55. The molecule has 0 saturated carbocycles. The Morgan fingerprint density at radius 1 is 0.844 bits per heavy atom. The predicted molar refractivity (Wildman–Crippen MR) is 129 cm³/mol. The van der Waals surface area contributed by atoms with Gasteiger partial charge in [0.05, 0.1) is 12.2 Å². The summed E-state index contributed by atoms with van der Waals surface area (Å²) in [6, 6.07) is 26.6. The van der Waals surface area contributed by atoms with E-state index in [0.29, 0.717) is 6.54 Å². The number of amides is 2. The molecule has 4 heteroatoms. The lowest BCUT2D eigenvalue weighted by Gasteiger charge is -2.32. The average molecular weight is 422 g/mol. The Kier molecular flexibility index (Phi) is 5.06. The summed E-state index contributed by atoms with van der Waals surface area (Å²) in [5, 5.41) is 3.20. The van der Waals surface area contributed by atoms with Crippen LogP contribution in [-0.4, -0.2) is 15.5 Å². The topological polar surface area (TPSA) is 37.3 Å². The third kappa shape index (κ3) is 3.38. The number of hydrogen-bond acceptors (Lipinski definition) is 1. The number of para-hydroxylation sites is 1. The van der Waals surface area contributed by atoms with E-state index >= 15 is 0 Å². The van der Waals surface area contributed by atoms with Crippen LogP contribution in [0.3, 0.4) is 0 Å². The highest BCUT2D eigenvalue weighted by Gasteiger charge is 2.33. The maximum Gasteiger partial charge on any atom is 0.322 e. The predicted octanol–water partition coefficient (Wildman–Crippen LogP) is 6.54. The maximum atomic E-state index is 13.8. The average Bonchev–Trinajstić information content (AvgIpc) is 3.22. The molecule has 160 valence electrons. The van der Waals surface area contributed by atoms with Crippen LogP contribution in [0.2, 0.25) is 0 Å². The van der Waals surface area contributed by atoms with E-state index in [1.54, 1.807) is 0 Å². The molecule has 0 saturated heterocycles. The fourth-order valence-electron chi connectivity index (χ4n) is 4.63. The van der Waals surface area contributed by atoms with E-state index in [1.165, 1.54) is 5.56 Å². The fourth-order valence-corrected chi connectivity index (χ4v) is 4.63. The number of benzene rings is 3. The van der Waals surface area contributed by atoms with Gasteiger partial charge in [-0.05, 0) is 72.9 Å². The lowest BCUT2D eigenvalue weighted by Crippen LogP contribution is -2.38. The second-order valence-electron chi connectivity index (χ2n) is 8.50. The van der Waals surface area contributed by atoms with Crippen molar-refractivity contribution >= 4 is 11.7 Å². The molecule has 0 fully saturated rings. The summed E-state index contributed by atoms with van der Waals surface area (Å²) in [5.74, 6) is 0. The van der Waals surface area contributed by atoms with Gasteiger partial charge in [0.25, 0.3) is 0 Å². The lowest BCUT2D eigenvalue weighted by atomic mass is 9.97. The van der Waals surface area contributed by atoms with Crippen LogP contribution >= 0.6 is 0 Å². The standard InChI is InChI=1S/C28H27N3O/c1-19-11-8-14-24(21(19)3)29-28(32)31-18-22-12-5-7-15-25(22)30-17-9-16-26(30)27(31)23-13-6-4-10-20(23)2/h4-17,27H,18H2,1-3H3,(H,29,32). The zero-order chi connectivity index (χ0) is 22.2. The Morgan fingerprint density at radius 3 is 2.44 bits per heavy atom. The second-order valence-corrected chi connectivity index (χ2v) is 8.50. The third-order valence-corrected chi connectivity index (χ3v) is 6.55. The summed E-state index contributed by atoms with van der Waals surface area (Å²) in [6.45, 7) is 6.75. The van der Waals surface area contributed by atoms with Crippen molar-refractivity contribution in [2.45, 2.75) is 33.4 Å². The van der Waals surface area contributed by atoms with Gasteiger partial charge in [-0.25, -0.2) is 4.79 Å². The van der Waals surface area contributed by atoms with Gasteiger partial charge in [-0.15, -0.1) is 0 Å². The Labute approximate surface area is 189 Å². The van der Waals surface area contributed by atoms with Crippen LogP contribution in [0.5, 0.6) is 0 Å². The Hall–Kier alpha value is -3.79. The van der Waals surface area contributed by atoms with Crippen molar-refractivity contribution in [3.05, 3.63) is 119 Å². The minimum atomic E-state index is -0.205. The number of aromatic nitrogens is 1. The molecule has 4 nitrogen and oxygen atoms in total. The van der Waals surface area contributed by atoms with Crippen molar-refractivity contribution in [3.63, 3.8) is 0 Å². The van der Waals surface area contributed by atoms with Crippen LogP contribution in [-0.2, 0) is 6.54 Å². The number of nitrogens with one attached hydrogen (secondary N) is 1. The molecule has 0 spiro atoms. The number of hydrogen-bond donors (Lipinski definition) is 1. The number of fused-ring (bicyclic) bond motifs is 3. The first kappa shape index (κ1) is 20.1. The maximum absolute atomic E-state index is 13.8. The SMILES string of the molecule is Cc1ccccc1C1c2cccn2-c2ccccc2CN1C(=O)Nc1cccc(C)c1C. The zero-order valence-corrected chi connectivity index (χ0v) is 18.7. The number of carbonyl (C=O) groups excluding carboxylic acids is 1. The first-order valence-corrected chi connectivity index (χ1v) is 11.0. The first-order valence-electron chi connectivity index (χ1n) is 11.0. The zero-order valence-electron chi connectivity index (χ0n) is 18.7. The molecule has 2 amide bonds. The molecule has 3 aromatic carbocycles. The number of rotatable bonds is 2. The molecular formula is C28H27N3O. The molecule has 0 aliphatic carbocycles. The summed E-state index contributed by atoms with van der Waals surface area (Å²) >= 11 is 0. The first-order chi connectivity index (χ1) is 15.5. The van der Waals surface area contributed by atoms with Crippen LogP contribution in [0.4, 0.5) is 10.5 Å². The molecule has 0 bridgehead atoms. The quantitative estimate of drug-likeness (QED) is 0.392. The molecule has 1 unspecified atom stereocenters. The minimum Gasteiger partial charge on any atom is -0.318 e. The Bertz CT molecular complexity index is 1300. The number of nitrogens with zero attached hydrogens (tertiary/aromatic N) is 2. The van der Waals surface area contributed by atoms with E-state index in [9.17, 15) is 4.79 Å². The molecule has 2 heterocycles. The molecule has 4 aromatic rings. The van der Waals surface area contributed by atoms with Crippen LogP contribution in [0.15, 0.2) is 85.1 Å². The summed E-state index contributed by atoms with van der Waals surface area (Å²) in [4.78, 5) is 15.8. The van der Waals surface area contributed by atoms with Crippen molar-refractivity contribution < 1.29 is 4.79 Å². The van der Waals surface area contributed by atoms with Gasteiger partial charge in [-0.1, -0.05) is 54.6 Å². The molecule has 1 atom stereocenters. The van der Waals surface area contributed by atoms with E-state index in [0.717, 1.165) is 39.3 Å². The van der Waals surface area contributed by atoms with E-state index in [-0.39, 0.29) is 12.1 Å². The molecule has 1 N–H and O–H groups in total. The van der Waals surface area contributed by atoms with Crippen molar-refractivity contribution in [1.82, 2.24) is 9.47 Å². The van der Waals surface area contributed by atoms with Gasteiger partial charge < -0.3 is 14.8 Å². The molecule has 5 rings (SSSR count). The summed E-state index contributed by atoms with van der Waals surface area (Å²) in [7, 11) is 0. The van der Waals surface area contributed by atoms with Gasteiger partial charge in [0, 0.05) is 17.6 Å². The molecule has 0 radical (unpaired) electrons. The fraction of sp³-hybridized carbons (Fsp3) is 0.179. The molecule has 1 aliphatic heterocycles. The van der Waals surface area contributed by atoms with Crippen molar-refractivity contribution in [1.29, 1.82) is 0 Å². The van der Waals surface area contributed by atoms with E-state index in [1.807, 2.05) is 36.1 Å². The highest BCUT2D eigenvalue weighted by atomic mass is 16.2. The van der Waals surface area contributed by atoms with Gasteiger partial charge >= 0.3 is 6.03 Å². The highest BCUT2D eigenvalue weighted by Crippen LogP contribution is 2.38. The van der Waals surface area contributed by atoms with Crippen molar-refractivity contribution in [3.8, 4) is 5.69 Å². The second kappa shape index (κ2) is 8.04. The number of anilines is 1. The molecule has 1 aliphatic rings. The van der Waals surface area contributed by atoms with Gasteiger partial charge in [0.1, 0.15) is 6.04 Å². The number of aryl methyl sites for hydroxylation is 2. The summed E-state index contributed by atoms with van der Waals surface area (Å²) < 4.78 is 2.22. The lowest BCUT2D eigenvalue weighted by molar-refractivity contribution is 0.194.